The van der Waals surface area contributed by atoms with Crippen LogP contribution in [0.15, 0.2) is 60.8 Å². The first-order valence-electron chi connectivity index (χ1n) is 12.4. The van der Waals surface area contributed by atoms with E-state index in [1.54, 1.807) is 30.5 Å². The van der Waals surface area contributed by atoms with E-state index in [2.05, 4.69) is 30.6 Å². The van der Waals surface area contributed by atoms with Gasteiger partial charge in [0.15, 0.2) is 5.65 Å². The number of nitrogens with one attached hydrogen (secondary N) is 4. The Morgan fingerprint density at radius 1 is 1.05 bits per heavy atom. The van der Waals surface area contributed by atoms with E-state index in [9.17, 15) is 13.2 Å². The van der Waals surface area contributed by atoms with Gasteiger partial charge in [-0.15, -0.1) is 0 Å². The summed E-state index contributed by atoms with van der Waals surface area (Å²) >= 11 is 0. The van der Waals surface area contributed by atoms with Crippen molar-refractivity contribution in [3.8, 4) is 11.1 Å². The van der Waals surface area contributed by atoms with Crippen molar-refractivity contribution in [1.29, 1.82) is 0 Å². The lowest BCUT2D eigenvalue weighted by Gasteiger charge is -2.15. The Labute approximate surface area is 221 Å². The Balaban J connectivity index is 1.49. The molecule has 0 radical (unpaired) electrons. The summed E-state index contributed by atoms with van der Waals surface area (Å²) in [5.74, 6) is 0.0122. The van der Waals surface area contributed by atoms with Gasteiger partial charge in [0.1, 0.15) is 5.69 Å². The molecule has 11 heteroatoms. The van der Waals surface area contributed by atoms with Crippen LogP contribution in [-0.2, 0) is 10.0 Å². The van der Waals surface area contributed by atoms with E-state index in [1.807, 2.05) is 37.3 Å². The second kappa shape index (κ2) is 10.7. The molecule has 4 N–H and O–H groups in total. The minimum Gasteiger partial charge on any atom is -0.349 e. The maximum atomic E-state index is 13.4. The Kier molecular flexibility index (Phi) is 7.21. The molecule has 5 rings (SSSR count). The fourth-order valence-electron chi connectivity index (χ4n) is 4.51. The average molecular weight is 532 g/mol. The summed E-state index contributed by atoms with van der Waals surface area (Å²) in [6, 6.07) is 16.8. The lowest BCUT2D eigenvalue weighted by molar-refractivity contribution is 0.0946. The number of nitrogens with zero attached hydrogens (tertiary/aromatic N) is 3. The fraction of sp³-hybridized carbons (Fsp3) is 0.259. The van der Waals surface area contributed by atoms with Crippen molar-refractivity contribution in [3.63, 3.8) is 0 Å². The van der Waals surface area contributed by atoms with Crippen molar-refractivity contribution in [1.82, 2.24) is 25.6 Å². The summed E-state index contributed by atoms with van der Waals surface area (Å²) in [4.78, 5) is 27.0. The highest BCUT2D eigenvalue weighted by Crippen LogP contribution is 2.29. The predicted molar refractivity (Wildman–Crippen MR) is 149 cm³/mol. The molecule has 0 bridgehead atoms. The van der Waals surface area contributed by atoms with Gasteiger partial charge in [0.2, 0.25) is 16.0 Å². The van der Waals surface area contributed by atoms with E-state index in [-0.39, 0.29) is 17.9 Å². The Hall–Kier alpha value is -4.09. The van der Waals surface area contributed by atoms with E-state index in [0.717, 1.165) is 42.3 Å². The zero-order valence-electron chi connectivity index (χ0n) is 21.2. The molecule has 0 unspecified atom stereocenters. The topological polar surface area (TPSA) is 138 Å². The molecular formula is C27H29N7O3S. The zero-order chi connectivity index (χ0) is 26.7. The van der Waals surface area contributed by atoms with Crippen LogP contribution in [0.1, 0.15) is 28.9 Å². The molecule has 0 spiro atoms. The highest BCUT2D eigenvalue weighted by atomic mass is 32.2. The van der Waals surface area contributed by atoms with Crippen LogP contribution < -0.4 is 20.7 Å². The highest BCUT2D eigenvalue weighted by Gasteiger charge is 2.21. The first-order chi connectivity index (χ1) is 18.2. The first kappa shape index (κ1) is 25.6. The third-order valence-electron chi connectivity index (χ3n) is 6.31. The molecule has 2 aromatic carbocycles. The molecule has 1 aliphatic rings. The maximum Gasteiger partial charge on any atom is 0.270 e. The Morgan fingerprint density at radius 3 is 2.63 bits per heavy atom. The molecule has 1 saturated heterocycles. The molecule has 10 nitrogen and oxygen atoms in total. The van der Waals surface area contributed by atoms with E-state index in [0.29, 0.717) is 34.6 Å². The zero-order valence-corrected chi connectivity index (χ0v) is 22.0. The number of amides is 1. The normalized spacial score (nSPS) is 15.4. The minimum absolute atomic E-state index is 0.257. The number of rotatable bonds is 8. The van der Waals surface area contributed by atoms with E-state index in [4.69, 9.17) is 4.98 Å². The van der Waals surface area contributed by atoms with E-state index in [1.165, 1.54) is 0 Å². The first-order valence-corrected chi connectivity index (χ1v) is 14.2. The molecule has 0 saturated carbocycles. The van der Waals surface area contributed by atoms with Crippen LogP contribution >= 0.6 is 0 Å². The minimum atomic E-state index is -3.41. The predicted octanol–water partition coefficient (Wildman–Crippen LogP) is 3.60. The van der Waals surface area contributed by atoms with Crippen LogP contribution in [-0.4, -0.2) is 54.7 Å². The Morgan fingerprint density at radius 2 is 1.87 bits per heavy atom. The van der Waals surface area contributed by atoms with Gasteiger partial charge in [-0.1, -0.05) is 30.3 Å². The van der Waals surface area contributed by atoms with Gasteiger partial charge in [-0.05, 0) is 61.7 Å². The largest absolute Gasteiger partial charge is 0.349 e. The molecule has 38 heavy (non-hydrogen) atoms. The van der Waals surface area contributed by atoms with Crippen molar-refractivity contribution in [2.75, 3.05) is 29.4 Å². The number of aryl methyl sites for hydroxylation is 1. The summed E-state index contributed by atoms with van der Waals surface area (Å²) in [5, 5.41) is 10.2. The van der Waals surface area contributed by atoms with E-state index < -0.39 is 10.0 Å². The maximum absolute atomic E-state index is 13.4. The Bertz CT molecular complexity index is 1600. The number of anilines is 3. The second-order valence-corrected chi connectivity index (χ2v) is 11.1. The van der Waals surface area contributed by atoms with Gasteiger partial charge in [0.25, 0.3) is 5.91 Å². The van der Waals surface area contributed by atoms with Crippen LogP contribution in [0.25, 0.3) is 22.2 Å². The van der Waals surface area contributed by atoms with Crippen LogP contribution in [0.2, 0.25) is 0 Å². The summed E-state index contributed by atoms with van der Waals surface area (Å²) in [6.45, 7) is 3.49. The number of sulfonamides is 1. The van der Waals surface area contributed by atoms with Crippen LogP contribution in [0.5, 0.6) is 0 Å². The lowest BCUT2D eigenvalue weighted by Crippen LogP contribution is -2.37. The fourth-order valence-corrected chi connectivity index (χ4v) is 5.07. The van der Waals surface area contributed by atoms with Gasteiger partial charge in [-0.2, -0.15) is 4.98 Å². The standard InChI is InChI=1S/C27H29N7O3S/c1-17-7-3-4-11-22(17)23-13-18-15-30-27(31-19-8-5-9-20(14-19)34-38(2,36)37)33-25(18)32-24(23)26(35)29-16-21-10-6-12-28-21/h3-5,7-9,11,13-15,21,28,34H,6,10,12,16H2,1-2H3,(H,29,35)(H,30,31,32,33)/t21-/m1/s1. The van der Waals surface area contributed by atoms with Crippen molar-refractivity contribution < 1.29 is 13.2 Å². The van der Waals surface area contributed by atoms with Gasteiger partial charge < -0.3 is 16.0 Å². The summed E-state index contributed by atoms with van der Waals surface area (Å²) < 4.78 is 25.6. The van der Waals surface area contributed by atoms with Gasteiger partial charge in [-0.3, -0.25) is 9.52 Å². The molecule has 2 aromatic heterocycles. The molecule has 3 heterocycles. The summed E-state index contributed by atoms with van der Waals surface area (Å²) in [6.07, 6.45) is 4.87. The van der Waals surface area contributed by atoms with Gasteiger partial charge in [-0.25, -0.2) is 18.4 Å². The van der Waals surface area contributed by atoms with Crippen LogP contribution in [0.4, 0.5) is 17.3 Å². The third-order valence-corrected chi connectivity index (χ3v) is 6.92. The molecule has 1 aliphatic heterocycles. The molecule has 196 valence electrons. The lowest BCUT2D eigenvalue weighted by atomic mass is 9.98. The second-order valence-electron chi connectivity index (χ2n) is 9.39. The van der Waals surface area contributed by atoms with Crippen molar-refractivity contribution in [2.45, 2.75) is 25.8 Å². The summed E-state index contributed by atoms with van der Waals surface area (Å²) in [5.41, 5.74) is 4.34. The SMILES string of the molecule is Cc1ccccc1-c1cc2cnc(Nc3cccc(NS(C)(=O)=O)c3)nc2nc1C(=O)NC[C@H]1CCCN1. The molecule has 0 aliphatic carbocycles. The highest BCUT2D eigenvalue weighted by molar-refractivity contribution is 7.92. The van der Waals surface area contributed by atoms with Crippen molar-refractivity contribution >= 4 is 44.3 Å². The molecule has 1 amide bonds. The number of carbonyl (C=O) groups excluding carboxylic acids is 1. The molecule has 1 atom stereocenters. The summed E-state index contributed by atoms with van der Waals surface area (Å²) in [7, 11) is -3.41. The van der Waals surface area contributed by atoms with Crippen LogP contribution in [0.3, 0.4) is 0 Å². The number of aromatic nitrogens is 3. The number of fused-ring (bicyclic) bond motifs is 1. The number of carbonyl (C=O) groups is 1. The number of pyridine rings is 1. The number of hydrogen-bond donors (Lipinski definition) is 4. The van der Waals surface area contributed by atoms with Crippen LogP contribution in [0, 0.1) is 6.92 Å². The van der Waals surface area contributed by atoms with Gasteiger partial charge in [0.05, 0.1) is 11.9 Å². The van der Waals surface area contributed by atoms with Crippen molar-refractivity contribution in [3.05, 3.63) is 72.1 Å². The van der Waals surface area contributed by atoms with Gasteiger partial charge in [0, 0.05) is 35.4 Å². The quantitative estimate of drug-likeness (QED) is 0.271. The van der Waals surface area contributed by atoms with Crippen molar-refractivity contribution in [2.24, 2.45) is 0 Å². The van der Waals surface area contributed by atoms with Gasteiger partial charge >= 0.3 is 0 Å². The average Bonchev–Trinajstić information content (AvgIpc) is 3.40. The molecule has 1 fully saturated rings. The number of hydrogen-bond acceptors (Lipinski definition) is 8. The molecule has 4 aromatic rings. The number of benzene rings is 2. The smallest absolute Gasteiger partial charge is 0.270 e. The van der Waals surface area contributed by atoms with E-state index >= 15 is 0 Å². The monoisotopic (exact) mass is 531 g/mol. The molecular weight excluding hydrogens is 502 g/mol. The third kappa shape index (κ3) is 6.06.